The van der Waals surface area contributed by atoms with E-state index in [1.807, 2.05) is 0 Å². The number of ketones is 1. The molecule has 4 heterocycles. The number of pyridine rings is 1. The van der Waals surface area contributed by atoms with Crippen LogP contribution in [-0.2, 0) is 9.53 Å². The summed E-state index contributed by atoms with van der Waals surface area (Å²) >= 11 is 0. The fourth-order valence-corrected chi connectivity index (χ4v) is 5.08. The maximum absolute atomic E-state index is 13.8. The highest BCUT2D eigenvalue weighted by atomic mass is 16.6. The summed E-state index contributed by atoms with van der Waals surface area (Å²) in [6.07, 6.45) is 3.72. The molecule has 2 aliphatic rings. The van der Waals surface area contributed by atoms with E-state index in [2.05, 4.69) is 4.98 Å². The monoisotopic (exact) mass is 505 g/mol. The van der Waals surface area contributed by atoms with Gasteiger partial charge in [-0.1, -0.05) is 18.2 Å². The minimum Gasteiger partial charge on any atom is -0.503 e. The number of aromatic nitrogens is 1. The smallest absolute Gasteiger partial charge is 0.409 e. The zero-order valence-electron chi connectivity index (χ0n) is 20.5. The lowest BCUT2D eigenvalue weighted by molar-refractivity contribution is -0.132. The number of methoxy groups -OCH3 is 1. The van der Waals surface area contributed by atoms with Crippen molar-refractivity contribution in [3.05, 3.63) is 71.4 Å². The number of hydrogen-bond donors (Lipinski definition) is 1. The molecule has 3 aromatic rings. The Bertz CT molecular complexity index is 1370. The molecule has 0 aliphatic carbocycles. The van der Waals surface area contributed by atoms with Gasteiger partial charge in [0.15, 0.2) is 22.9 Å². The van der Waals surface area contributed by atoms with Crippen molar-refractivity contribution in [2.75, 3.05) is 26.8 Å². The van der Waals surface area contributed by atoms with Crippen LogP contribution < -0.4 is 4.74 Å². The van der Waals surface area contributed by atoms with Gasteiger partial charge in [-0.15, -0.1) is 0 Å². The van der Waals surface area contributed by atoms with Gasteiger partial charge in [-0.05, 0) is 43.5 Å². The zero-order chi connectivity index (χ0) is 26.1. The highest BCUT2D eigenvalue weighted by molar-refractivity contribution is 6.16. The lowest BCUT2D eigenvalue weighted by Crippen LogP contribution is -2.48. The molecule has 5 rings (SSSR count). The fourth-order valence-electron chi connectivity index (χ4n) is 5.08. The van der Waals surface area contributed by atoms with Crippen LogP contribution in [0.25, 0.3) is 11.0 Å². The number of piperidine rings is 1. The Morgan fingerprint density at radius 2 is 1.97 bits per heavy atom. The first-order valence-corrected chi connectivity index (χ1v) is 12.1. The van der Waals surface area contributed by atoms with Crippen molar-refractivity contribution in [2.45, 2.75) is 31.8 Å². The second-order valence-electron chi connectivity index (χ2n) is 8.90. The van der Waals surface area contributed by atoms with Crippen LogP contribution in [0, 0.1) is 0 Å². The molecule has 1 N–H and O–H groups in total. The highest BCUT2D eigenvalue weighted by Gasteiger charge is 2.48. The van der Waals surface area contributed by atoms with E-state index in [0.29, 0.717) is 48.2 Å². The van der Waals surface area contributed by atoms with Crippen molar-refractivity contribution in [3.63, 3.8) is 0 Å². The minimum absolute atomic E-state index is 0.0123. The SMILES string of the molecule is CCOC(=O)N1CCC(N2C(=O)C(O)=C(C(=O)c3cc4cccc(OC)c4o3)C2c2cccnc2)CC1. The Hall–Kier alpha value is -4.34. The summed E-state index contributed by atoms with van der Waals surface area (Å²) in [6.45, 7) is 2.81. The average Bonchev–Trinajstić information content (AvgIpc) is 3.48. The number of hydrogen-bond acceptors (Lipinski definition) is 8. The quantitative estimate of drug-likeness (QED) is 0.498. The van der Waals surface area contributed by atoms with Crippen LogP contribution in [-0.4, -0.2) is 70.5 Å². The van der Waals surface area contributed by atoms with Gasteiger partial charge in [-0.3, -0.25) is 14.6 Å². The maximum Gasteiger partial charge on any atom is 0.409 e. The first-order valence-electron chi connectivity index (χ1n) is 12.1. The van der Waals surface area contributed by atoms with Crippen LogP contribution in [0.4, 0.5) is 4.79 Å². The summed E-state index contributed by atoms with van der Waals surface area (Å²) in [7, 11) is 1.51. The first-order chi connectivity index (χ1) is 17.9. The van der Waals surface area contributed by atoms with Gasteiger partial charge in [0.1, 0.15) is 0 Å². The third-order valence-corrected chi connectivity index (χ3v) is 6.82. The largest absolute Gasteiger partial charge is 0.503 e. The Morgan fingerprint density at radius 1 is 1.19 bits per heavy atom. The number of fused-ring (bicyclic) bond motifs is 1. The van der Waals surface area contributed by atoms with E-state index in [9.17, 15) is 19.5 Å². The molecule has 1 atom stereocenters. The first kappa shape index (κ1) is 24.4. The number of rotatable bonds is 6. The molecule has 1 unspecified atom stereocenters. The molecule has 1 saturated heterocycles. The Balaban J connectivity index is 1.50. The number of carbonyl (C=O) groups is 3. The van der Waals surface area contributed by atoms with E-state index in [4.69, 9.17) is 13.9 Å². The molecule has 0 bridgehead atoms. The average molecular weight is 506 g/mol. The summed E-state index contributed by atoms with van der Waals surface area (Å²) in [5.41, 5.74) is 0.924. The standard InChI is InChI=1S/C27H27N3O7/c1-3-36-27(34)29-12-9-18(10-13-29)30-22(17-7-5-11-28-15-17)21(24(32)26(30)33)23(31)20-14-16-6-4-8-19(35-2)25(16)37-20/h4-8,11,14-15,18,22,32H,3,9-10,12-13H2,1-2H3. The van der Waals surface area contributed by atoms with Crippen LogP contribution in [0.15, 0.2) is 64.5 Å². The number of aliphatic hydroxyl groups is 1. The van der Waals surface area contributed by atoms with Crippen LogP contribution in [0.3, 0.4) is 0 Å². The molecule has 10 nitrogen and oxygen atoms in total. The number of aliphatic hydroxyl groups excluding tert-OH is 1. The molecule has 10 heteroatoms. The number of carbonyl (C=O) groups excluding carboxylic acids is 3. The Morgan fingerprint density at radius 3 is 2.65 bits per heavy atom. The summed E-state index contributed by atoms with van der Waals surface area (Å²) in [5.74, 6) is -1.39. The fraction of sp³-hybridized carbons (Fsp3) is 0.333. The van der Waals surface area contributed by atoms with Gasteiger partial charge in [0, 0.05) is 36.9 Å². The lowest BCUT2D eigenvalue weighted by atomic mass is 9.93. The molecule has 0 radical (unpaired) electrons. The normalized spacial score (nSPS) is 18.5. The summed E-state index contributed by atoms with van der Waals surface area (Å²) in [5, 5.41) is 11.7. The molecular weight excluding hydrogens is 478 g/mol. The van der Waals surface area contributed by atoms with Crippen LogP contribution in [0.2, 0.25) is 0 Å². The van der Waals surface area contributed by atoms with Crippen molar-refractivity contribution in [1.29, 1.82) is 0 Å². The van der Waals surface area contributed by atoms with E-state index in [-0.39, 0.29) is 24.0 Å². The van der Waals surface area contributed by atoms with Gasteiger partial charge in [0.05, 0.1) is 25.3 Å². The number of Topliss-reactive ketones (excluding diaryl/α,β-unsaturated/α-hetero) is 1. The van der Waals surface area contributed by atoms with Crippen molar-refractivity contribution in [3.8, 4) is 5.75 Å². The van der Waals surface area contributed by atoms with Gasteiger partial charge in [0.2, 0.25) is 5.78 Å². The number of para-hydroxylation sites is 1. The molecule has 37 heavy (non-hydrogen) atoms. The van der Waals surface area contributed by atoms with E-state index in [0.717, 1.165) is 0 Å². The zero-order valence-corrected chi connectivity index (χ0v) is 20.5. The van der Waals surface area contributed by atoms with Crippen molar-refractivity contribution < 1.29 is 33.4 Å². The number of furan rings is 1. The second kappa shape index (κ2) is 9.96. The van der Waals surface area contributed by atoms with Gasteiger partial charge < -0.3 is 28.8 Å². The van der Waals surface area contributed by atoms with E-state index < -0.39 is 29.6 Å². The number of amides is 2. The Labute approximate surface area is 213 Å². The topological polar surface area (TPSA) is 122 Å². The van der Waals surface area contributed by atoms with Crippen molar-refractivity contribution in [2.24, 2.45) is 0 Å². The number of benzene rings is 1. The van der Waals surface area contributed by atoms with Crippen LogP contribution >= 0.6 is 0 Å². The van der Waals surface area contributed by atoms with E-state index >= 15 is 0 Å². The molecule has 0 saturated carbocycles. The summed E-state index contributed by atoms with van der Waals surface area (Å²) in [4.78, 5) is 46.6. The van der Waals surface area contributed by atoms with Crippen LogP contribution in [0.5, 0.6) is 5.75 Å². The van der Waals surface area contributed by atoms with E-state index in [1.54, 1.807) is 60.6 Å². The van der Waals surface area contributed by atoms with Gasteiger partial charge in [0.25, 0.3) is 5.91 Å². The predicted molar refractivity (Wildman–Crippen MR) is 132 cm³/mol. The molecule has 192 valence electrons. The number of likely N-dealkylation sites (tertiary alicyclic amines) is 1. The molecular formula is C27H27N3O7. The van der Waals surface area contributed by atoms with Gasteiger partial charge in [-0.25, -0.2) is 4.79 Å². The highest BCUT2D eigenvalue weighted by Crippen LogP contribution is 2.42. The number of nitrogens with zero attached hydrogens (tertiary/aromatic N) is 3. The van der Waals surface area contributed by atoms with Crippen molar-refractivity contribution in [1.82, 2.24) is 14.8 Å². The number of ether oxygens (including phenoxy) is 2. The third kappa shape index (κ3) is 4.28. The molecule has 2 amide bonds. The lowest BCUT2D eigenvalue weighted by Gasteiger charge is -2.39. The summed E-state index contributed by atoms with van der Waals surface area (Å²) < 4.78 is 16.3. The maximum atomic E-state index is 13.8. The Kier molecular flexibility index (Phi) is 6.56. The minimum atomic E-state index is -0.858. The van der Waals surface area contributed by atoms with Gasteiger partial charge in [-0.2, -0.15) is 0 Å². The molecule has 2 aliphatic heterocycles. The molecule has 0 spiro atoms. The van der Waals surface area contributed by atoms with Crippen LogP contribution in [0.1, 0.15) is 41.9 Å². The van der Waals surface area contributed by atoms with E-state index in [1.165, 1.54) is 12.0 Å². The molecule has 2 aromatic heterocycles. The van der Waals surface area contributed by atoms with Crippen molar-refractivity contribution >= 4 is 28.8 Å². The molecule has 1 aromatic carbocycles. The summed E-state index contributed by atoms with van der Waals surface area (Å²) in [6, 6.07) is 9.17. The van der Waals surface area contributed by atoms with Gasteiger partial charge >= 0.3 is 6.09 Å². The third-order valence-electron chi connectivity index (χ3n) is 6.82. The second-order valence-corrected chi connectivity index (χ2v) is 8.90. The molecule has 1 fully saturated rings. The predicted octanol–water partition coefficient (Wildman–Crippen LogP) is 4.04.